The van der Waals surface area contributed by atoms with Gasteiger partial charge in [-0.25, -0.2) is 0 Å². The van der Waals surface area contributed by atoms with Gasteiger partial charge in [0.25, 0.3) is 0 Å². The number of hydrogen-bond acceptors (Lipinski definition) is 4. The Morgan fingerprint density at radius 3 is 2.33 bits per heavy atom. The number of hydrogen-bond donors (Lipinski definition) is 1. The van der Waals surface area contributed by atoms with E-state index in [2.05, 4.69) is 37.3 Å². The van der Waals surface area contributed by atoms with Crippen LogP contribution in [0.1, 0.15) is 12.5 Å². The molecule has 0 aliphatic carbocycles. The third-order valence-electron chi connectivity index (χ3n) is 3.90. The van der Waals surface area contributed by atoms with Crippen LogP contribution in [0.15, 0.2) is 58.3 Å². The smallest absolute Gasteiger partial charge is 0.119 e. The van der Waals surface area contributed by atoms with Crippen molar-refractivity contribution in [2.75, 3.05) is 13.7 Å². The fourth-order valence-corrected chi connectivity index (χ4v) is 5.63. The van der Waals surface area contributed by atoms with E-state index in [0.29, 0.717) is 0 Å². The lowest BCUT2D eigenvalue weighted by atomic mass is 9.85. The summed E-state index contributed by atoms with van der Waals surface area (Å²) in [5.41, 5.74) is 0.797. The molecule has 1 aliphatic heterocycles. The van der Waals surface area contributed by atoms with Crippen LogP contribution in [0.4, 0.5) is 0 Å². The highest BCUT2D eigenvalue weighted by Crippen LogP contribution is 2.55. The summed E-state index contributed by atoms with van der Waals surface area (Å²) in [4.78, 5) is 2.60. The van der Waals surface area contributed by atoms with E-state index in [0.717, 1.165) is 11.3 Å². The van der Waals surface area contributed by atoms with Gasteiger partial charge >= 0.3 is 0 Å². The number of benzene rings is 2. The maximum atomic E-state index is 10.1. The molecule has 0 spiro atoms. The molecule has 0 bridgehead atoms. The zero-order chi connectivity index (χ0) is 14.9. The fourth-order valence-electron chi connectivity index (χ4n) is 2.44. The largest absolute Gasteiger partial charge is 0.497 e. The Bertz CT molecular complexity index is 619. The number of ether oxygens (including phenoxy) is 1. The second-order valence-corrected chi connectivity index (χ2v) is 7.91. The van der Waals surface area contributed by atoms with Crippen molar-refractivity contribution in [2.24, 2.45) is 0 Å². The molecule has 110 valence electrons. The molecule has 1 N–H and O–H groups in total. The van der Waals surface area contributed by atoms with E-state index >= 15 is 0 Å². The Labute approximate surface area is 133 Å². The second-order valence-electron chi connectivity index (χ2n) is 5.32. The molecule has 0 unspecified atom stereocenters. The van der Waals surface area contributed by atoms with E-state index in [-0.39, 0.29) is 16.6 Å². The molecule has 0 fully saturated rings. The van der Waals surface area contributed by atoms with Crippen LogP contribution in [0.2, 0.25) is 0 Å². The zero-order valence-corrected chi connectivity index (χ0v) is 13.7. The molecule has 0 saturated carbocycles. The van der Waals surface area contributed by atoms with Gasteiger partial charge in [-0.3, -0.25) is 0 Å². The van der Waals surface area contributed by atoms with E-state index in [1.165, 1.54) is 9.79 Å². The summed E-state index contributed by atoms with van der Waals surface area (Å²) in [5, 5.41) is 10.1. The SMILES string of the molecule is COc1cccc([C@](C)(CO)C2Sc3ccccc3S2)c1. The van der Waals surface area contributed by atoms with Crippen LogP contribution in [0.25, 0.3) is 0 Å². The molecule has 1 aliphatic rings. The fraction of sp³-hybridized carbons (Fsp3) is 0.294. The number of aliphatic hydroxyl groups excluding tert-OH is 1. The van der Waals surface area contributed by atoms with Gasteiger partial charge in [-0.1, -0.05) is 31.2 Å². The topological polar surface area (TPSA) is 29.5 Å². The van der Waals surface area contributed by atoms with Crippen LogP contribution in [-0.2, 0) is 5.41 Å². The molecule has 1 atom stereocenters. The van der Waals surface area contributed by atoms with Gasteiger partial charge < -0.3 is 9.84 Å². The molecular weight excluding hydrogens is 300 g/mol. The van der Waals surface area contributed by atoms with Crippen LogP contribution in [0.3, 0.4) is 0 Å². The minimum atomic E-state index is -0.317. The number of aliphatic hydroxyl groups is 1. The molecule has 3 rings (SSSR count). The summed E-state index contributed by atoms with van der Waals surface area (Å²) in [6, 6.07) is 16.5. The Morgan fingerprint density at radius 1 is 1.10 bits per heavy atom. The van der Waals surface area contributed by atoms with Crippen LogP contribution in [0, 0.1) is 0 Å². The van der Waals surface area contributed by atoms with E-state index in [4.69, 9.17) is 4.74 Å². The summed E-state index contributed by atoms with van der Waals surface area (Å²) in [7, 11) is 1.67. The van der Waals surface area contributed by atoms with Gasteiger partial charge in [0.1, 0.15) is 5.75 Å². The van der Waals surface area contributed by atoms with E-state index in [1.807, 2.05) is 41.7 Å². The standard InChI is InChI=1S/C17H18O2S2/c1-17(11-18,12-6-5-7-13(10-12)19-2)16-20-14-8-3-4-9-15(14)21-16/h3-10,16,18H,11H2,1-2H3/t17-/m0/s1. The van der Waals surface area contributed by atoms with Crippen molar-refractivity contribution in [3.8, 4) is 5.75 Å². The molecule has 0 aromatic heterocycles. The van der Waals surface area contributed by atoms with Crippen molar-refractivity contribution in [3.63, 3.8) is 0 Å². The van der Waals surface area contributed by atoms with E-state index in [1.54, 1.807) is 7.11 Å². The Kier molecular flexibility index (Phi) is 4.20. The van der Waals surface area contributed by atoms with Crippen LogP contribution in [-0.4, -0.2) is 23.4 Å². The maximum absolute atomic E-state index is 10.1. The first-order valence-electron chi connectivity index (χ1n) is 6.85. The first-order chi connectivity index (χ1) is 10.2. The first kappa shape index (κ1) is 14.8. The molecule has 0 saturated heterocycles. The summed E-state index contributed by atoms with van der Waals surface area (Å²) >= 11 is 3.68. The summed E-state index contributed by atoms with van der Waals surface area (Å²) in [5.74, 6) is 0.831. The van der Waals surface area contributed by atoms with Gasteiger partial charge in [-0.15, -0.1) is 23.5 Å². The zero-order valence-electron chi connectivity index (χ0n) is 12.1. The lowest BCUT2D eigenvalue weighted by Gasteiger charge is -2.33. The average Bonchev–Trinajstić information content (AvgIpc) is 2.98. The minimum Gasteiger partial charge on any atom is -0.497 e. The third kappa shape index (κ3) is 2.68. The summed E-state index contributed by atoms with van der Waals surface area (Å²) in [6.07, 6.45) is 0. The lowest BCUT2D eigenvalue weighted by Crippen LogP contribution is -2.35. The molecule has 2 nitrogen and oxygen atoms in total. The lowest BCUT2D eigenvalue weighted by molar-refractivity contribution is 0.216. The van der Waals surface area contributed by atoms with Crippen LogP contribution < -0.4 is 4.74 Å². The molecule has 4 heteroatoms. The highest BCUT2D eigenvalue weighted by Gasteiger charge is 2.40. The molecular formula is C17H18O2S2. The molecule has 0 amide bonds. The normalized spacial score (nSPS) is 17.3. The Balaban J connectivity index is 1.94. The van der Waals surface area contributed by atoms with Crippen molar-refractivity contribution in [1.82, 2.24) is 0 Å². The monoisotopic (exact) mass is 318 g/mol. The molecule has 2 aromatic rings. The highest BCUT2D eigenvalue weighted by molar-refractivity contribution is 8.19. The number of thioether (sulfide) groups is 2. The van der Waals surface area contributed by atoms with Crippen molar-refractivity contribution >= 4 is 23.5 Å². The van der Waals surface area contributed by atoms with E-state index < -0.39 is 0 Å². The molecule has 0 radical (unpaired) electrons. The minimum absolute atomic E-state index is 0.110. The van der Waals surface area contributed by atoms with Crippen molar-refractivity contribution in [1.29, 1.82) is 0 Å². The van der Waals surface area contributed by atoms with Gasteiger partial charge in [0.2, 0.25) is 0 Å². The first-order valence-corrected chi connectivity index (χ1v) is 8.61. The van der Waals surface area contributed by atoms with Gasteiger partial charge in [-0.2, -0.15) is 0 Å². The highest BCUT2D eigenvalue weighted by atomic mass is 32.2. The number of rotatable bonds is 4. The van der Waals surface area contributed by atoms with Crippen molar-refractivity contribution < 1.29 is 9.84 Å². The summed E-state index contributed by atoms with van der Waals surface area (Å²) < 4.78 is 5.58. The number of methoxy groups -OCH3 is 1. The van der Waals surface area contributed by atoms with Gasteiger partial charge in [0.15, 0.2) is 0 Å². The van der Waals surface area contributed by atoms with E-state index in [9.17, 15) is 5.11 Å². The summed E-state index contributed by atoms with van der Waals surface area (Å²) in [6.45, 7) is 2.23. The maximum Gasteiger partial charge on any atom is 0.119 e. The third-order valence-corrected chi connectivity index (χ3v) is 7.29. The molecule has 1 heterocycles. The molecule has 2 aromatic carbocycles. The van der Waals surface area contributed by atoms with Crippen molar-refractivity contribution in [3.05, 3.63) is 54.1 Å². The van der Waals surface area contributed by atoms with Crippen molar-refractivity contribution in [2.45, 2.75) is 26.7 Å². The second kappa shape index (κ2) is 5.95. The predicted octanol–water partition coefficient (Wildman–Crippen LogP) is 4.17. The Hall–Kier alpha value is -1.10. The molecule has 21 heavy (non-hydrogen) atoms. The average molecular weight is 318 g/mol. The van der Waals surface area contributed by atoms with Gasteiger partial charge in [-0.05, 0) is 29.8 Å². The van der Waals surface area contributed by atoms with Gasteiger partial charge in [0.05, 0.1) is 18.3 Å². The van der Waals surface area contributed by atoms with Crippen LogP contribution >= 0.6 is 23.5 Å². The Morgan fingerprint density at radius 2 is 1.76 bits per heavy atom. The number of fused-ring (bicyclic) bond motifs is 1. The van der Waals surface area contributed by atoms with Crippen LogP contribution in [0.5, 0.6) is 5.75 Å². The van der Waals surface area contributed by atoms with Gasteiger partial charge in [0, 0.05) is 15.2 Å². The quantitative estimate of drug-likeness (QED) is 0.916. The predicted molar refractivity (Wildman–Crippen MR) is 89.4 cm³/mol.